The molecule has 0 aromatic rings. The number of primary amides is 1. The normalized spacial score (nSPS) is 12.0. The van der Waals surface area contributed by atoms with E-state index in [1.54, 1.807) is 7.05 Å². The van der Waals surface area contributed by atoms with Crippen LogP contribution < -0.4 is 21.7 Å². The summed E-state index contributed by atoms with van der Waals surface area (Å²) in [5.74, 6) is -1.04. The highest BCUT2D eigenvalue weighted by Crippen LogP contribution is 2.04. The van der Waals surface area contributed by atoms with E-state index in [2.05, 4.69) is 16.0 Å². The molecule has 0 saturated heterocycles. The molecule has 0 saturated carbocycles. The average Bonchev–Trinajstić information content (AvgIpc) is 2.24. The summed E-state index contributed by atoms with van der Waals surface area (Å²) in [6, 6.07) is -0.648. The van der Waals surface area contributed by atoms with Crippen LogP contribution in [0.5, 0.6) is 0 Å². The second kappa shape index (κ2) is 8.46. The van der Waals surface area contributed by atoms with Gasteiger partial charge in [-0.1, -0.05) is 13.8 Å². The van der Waals surface area contributed by atoms with Crippen LogP contribution in [0.4, 0.5) is 0 Å². The van der Waals surface area contributed by atoms with Crippen molar-refractivity contribution in [1.29, 1.82) is 0 Å². The molecule has 0 aromatic heterocycles. The maximum Gasteiger partial charge on any atom is 0.243 e. The number of nitrogens with one attached hydrogen (secondary N) is 3. The summed E-state index contributed by atoms with van der Waals surface area (Å²) in [6.07, 6.45) is 0.500. The van der Waals surface area contributed by atoms with Crippen molar-refractivity contribution in [3.8, 4) is 0 Å². The highest BCUT2D eigenvalue weighted by Gasteiger charge is 2.21. The van der Waals surface area contributed by atoms with Crippen molar-refractivity contribution in [2.45, 2.75) is 26.3 Å². The molecule has 3 amide bonds. The standard InChI is InChI=1S/C11H22N4O3/c1-7(2)4-8(15-10(17)6-13-3)11(18)14-5-9(12)16/h7-8,13H,4-6H2,1-3H3,(H2,12,16)(H,14,18)(H,15,17)/t8-/m0/s1. The molecule has 0 radical (unpaired) electrons. The van der Waals surface area contributed by atoms with Gasteiger partial charge in [0.2, 0.25) is 17.7 Å². The lowest BCUT2D eigenvalue weighted by atomic mass is 10.0. The van der Waals surface area contributed by atoms with Crippen LogP contribution in [0.3, 0.4) is 0 Å². The predicted octanol–water partition coefficient (Wildman–Crippen LogP) is -1.66. The van der Waals surface area contributed by atoms with Gasteiger partial charge in [-0.15, -0.1) is 0 Å². The quantitative estimate of drug-likeness (QED) is 0.417. The van der Waals surface area contributed by atoms with Crippen LogP contribution in [0.2, 0.25) is 0 Å². The number of nitrogens with two attached hydrogens (primary N) is 1. The Kier molecular flexibility index (Phi) is 7.69. The molecule has 104 valence electrons. The van der Waals surface area contributed by atoms with E-state index in [9.17, 15) is 14.4 Å². The van der Waals surface area contributed by atoms with Crippen molar-refractivity contribution in [2.75, 3.05) is 20.1 Å². The number of carbonyl (C=O) groups excluding carboxylic acids is 3. The first-order valence-electron chi connectivity index (χ1n) is 5.86. The monoisotopic (exact) mass is 258 g/mol. The summed E-state index contributed by atoms with van der Waals surface area (Å²) in [6.45, 7) is 3.80. The third kappa shape index (κ3) is 7.61. The maximum atomic E-state index is 11.8. The highest BCUT2D eigenvalue weighted by molar-refractivity contribution is 5.90. The topological polar surface area (TPSA) is 113 Å². The molecular formula is C11H22N4O3. The molecule has 0 aromatic carbocycles. The fraction of sp³-hybridized carbons (Fsp3) is 0.727. The molecule has 0 heterocycles. The van der Waals surface area contributed by atoms with Crippen LogP contribution in [0.15, 0.2) is 0 Å². The van der Waals surface area contributed by atoms with Crippen molar-refractivity contribution in [3.63, 3.8) is 0 Å². The van der Waals surface area contributed by atoms with E-state index < -0.39 is 17.9 Å². The Morgan fingerprint density at radius 2 is 1.78 bits per heavy atom. The second-order valence-corrected chi connectivity index (χ2v) is 4.46. The minimum atomic E-state index is -0.648. The smallest absolute Gasteiger partial charge is 0.243 e. The Morgan fingerprint density at radius 3 is 2.22 bits per heavy atom. The Bertz CT molecular complexity index is 305. The summed E-state index contributed by atoms with van der Waals surface area (Å²) < 4.78 is 0. The summed E-state index contributed by atoms with van der Waals surface area (Å²) in [4.78, 5) is 33.8. The molecule has 0 aliphatic rings. The second-order valence-electron chi connectivity index (χ2n) is 4.46. The van der Waals surface area contributed by atoms with Crippen molar-refractivity contribution < 1.29 is 14.4 Å². The molecule has 1 atom stereocenters. The van der Waals surface area contributed by atoms with Gasteiger partial charge in [0.25, 0.3) is 0 Å². The summed E-state index contributed by atoms with van der Waals surface area (Å²) in [5, 5.41) is 7.69. The van der Waals surface area contributed by atoms with Crippen LogP contribution >= 0.6 is 0 Å². The van der Waals surface area contributed by atoms with Gasteiger partial charge in [0.1, 0.15) is 6.04 Å². The van der Waals surface area contributed by atoms with E-state index in [1.165, 1.54) is 0 Å². The van der Waals surface area contributed by atoms with Crippen LogP contribution in [0, 0.1) is 5.92 Å². The first kappa shape index (κ1) is 16.4. The fourth-order valence-corrected chi connectivity index (χ4v) is 1.41. The van der Waals surface area contributed by atoms with Gasteiger partial charge in [0.15, 0.2) is 0 Å². The molecule has 0 unspecified atom stereocenters. The maximum absolute atomic E-state index is 11.8. The Balaban J connectivity index is 4.41. The lowest BCUT2D eigenvalue weighted by molar-refractivity contribution is -0.130. The molecule has 0 aliphatic carbocycles. The van der Waals surface area contributed by atoms with Gasteiger partial charge in [-0.2, -0.15) is 0 Å². The molecule has 0 bridgehead atoms. The molecule has 0 aliphatic heterocycles. The van der Waals surface area contributed by atoms with Gasteiger partial charge in [-0.3, -0.25) is 14.4 Å². The van der Waals surface area contributed by atoms with Crippen molar-refractivity contribution in [1.82, 2.24) is 16.0 Å². The van der Waals surface area contributed by atoms with Gasteiger partial charge < -0.3 is 21.7 Å². The predicted molar refractivity (Wildman–Crippen MR) is 67.5 cm³/mol. The van der Waals surface area contributed by atoms with E-state index in [4.69, 9.17) is 5.73 Å². The lowest BCUT2D eigenvalue weighted by Gasteiger charge is -2.19. The van der Waals surface area contributed by atoms with Crippen molar-refractivity contribution >= 4 is 17.7 Å². The molecule has 7 heteroatoms. The third-order valence-electron chi connectivity index (χ3n) is 2.13. The SMILES string of the molecule is CNCC(=O)N[C@@H](CC(C)C)C(=O)NCC(N)=O. The zero-order valence-corrected chi connectivity index (χ0v) is 11.1. The van der Waals surface area contributed by atoms with Gasteiger partial charge in [0, 0.05) is 0 Å². The Hall–Kier alpha value is -1.63. The summed E-state index contributed by atoms with van der Waals surface area (Å²) >= 11 is 0. The fourth-order valence-electron chi connectivity index (χ4n) is 1.41. The van der Waals surface area contributed by atoms with Gasteiger partial charge in [0.05, 0.1) is 13.1 Å². The van der Waals surface area contributed by atoms with E-state index in [1.807, 2.05) is 13.8 Å². The van der Waals surface area contributed by atoms with Crippen LogP contribution in [-0.2, 0) is 14.4 Å². The molecule has 0 fully saturated rings. The minimum absolute atomic E-state index is 0.137. The number of likely N-dealkylation sites (N-methyl/N-ethyl adjacent to an activating group) is 1. The largest absolute Gasteiger partial charge is 0.368 e. The molecule has 18 heavy (non-hydrogen) atoms. The minimum Gasteiger partial charge on any atom is -0.368 e. The number of carbonyl (C=O) groups is 3. The molecule has 5 N–H and O–H groups in total. The zero-order chi connectivity index (χ0) is 14.1. The first-order chi connectivity index (χ1) is 8.36. The third-order valence-corrected chi connectivity index (χ3v) is 2.13. The van der Waals surface area contributed by atoms with Crippen LogP contribution in [-0.4, -0.2) is 43.9 Å². The van der Waals surface area contributed by atoms with Gasteiger partial charge >= 0.3 is 0 Å². The Labute approximate surface area is 107 Å². The van der Waals surface area contributed by atoms with E-state index in [-0.39, 0.29) is 24.9 Å². The molecular weight excluding hydrogens is 236 g/mol. The van der Waals surface area contributed by atoms with E-state index >= 15 is 0 Å². The highest BCUT2D eigenvalue weighted by atomic mass is 16.2. The summed E-state index contributed by atoms with van der Waals surface area (Å²) in [7, 11) is 1.64. The van der Waals surface area contributed by atoms with Gasteiger partial charge in [-0.05, 0) is 19.4 Å². The average molecular weight is 258 g/mol. The number of amides is 3. The van der Waals surface area contributed by atoms with E-state index in [0.29, 0.717) is 6.42 Å². The molecule has 0 rings (SSSR count). The molecule has 7 nitrogen and oxygen atoms in total. The van der Waals surface area contributed by atoms with Gasteiger partial charge in [-0.25, -0.2) is 0 Å². The summed E-state index contributed by atoms with van der Waals surface area (Å²) in [5.41, 5.74) is 4.94. The number of hydrogen-bond acceptors (Lipinski definition) is 4. The number of hydrogen-bond donors (Lipinski definition) is 4. The van der Waals surface area contributed by atoms with Crippen LogP contribution in [0.25, 0.3) is 0 Å². The molecule has 0 spiro atoms. The zero-order valence-electron chi connectivity index (χ0n) is 11.1. The first-order valence-corrected chi connectivity index (χ1v) is 5.86. The number of rotatable bonds is 8. The van der Waals surface area contributed by atoms with E-state index in [0.717, 1.165) is 0 Å². The van der Waals surface area contributed by atoms with Crippen molar-refractivity contribution in [2.24, 2.45) is 11.7 Å². The van der Waals surface area contributed by atoms with Crippen molar-refractivity contribution in [3.05, 3.63) is 0 Å². The lowest BCUT2D eigenvalue weighted by Crippen LogP contribution is -2.50. The Morgan fingerprint density at radius 1 is 1.17 bits per heavy atom. The van der Waals surface area contributed by atoms with Crippen LogP contribution in [0.1, 0.15) is 20.3 Å².